The number of ketones is 1. The first-order valence-electron chi connectivity index (χ1n) is 9.82. The second kappa shape index (κ2) is 10.3. The summed E-state index contributed by atoms with van der Waals surface area (Å²) in [6, 6.07) is 16.7. The van der Waals surface area contributed by atoms with E-state index in [0.29, 0.717) is 29.3 Å². The largest absolute Gasteiger partial charge is 0.493 e. The van der Waals surface area contributed by atoms with Crippen molar-refractivity contribution in [1.29, 1.82) is 0 Å². The molecule has 0 aliphatic heterocycles. The highest BCUT2D eigenvalue weighted by molar-refractivity contribution is 6.08. The third-order valence-electron chi connectivity index (χ3n) is 4.75. The fourth-order valence-electron chi connectivity index (χ4n) is 3.04. The van der Waals surface area contributed by atoms with Gasteiger partial charge in [-0.05, 0) is 36.8 Å². The van der Waals surface area contributed by atoms with Crippen molar-refractivity contribution >= 4 is 17.8 Å². The molecule has 0 aliphatic rings. The molecule has 0 saturated heterocycles. The van der Waals surface area contributed by atoms with Crippen molar-refractivity contribution in [2.45, 2.75) is 13.5 Å². The van der Waals surface area contributed by atoms with Gasteiger partial charge >= 0.3 is 5.97 Å². The molecule has 3 rings (SSSR count). The summed E-state index contributed by atoms with van der Waals surface area (Å²) in [7, 11) is 2.84. The van der Waals surface area contributed by atoms with Crippen molar-refractivity contribution in [3.63, 3.8) is 0 Å². The molecule has 1 heterocycles. The van der Waals surface area contributed by atoms with Crippen molar-refractivity contribution < 1.29 is 23.8 Å². The Labute approximate surface area is 181 Å². The Kier molecular flexibility index (Phi) is 7.27. The van der Waals surface area contributed by atoms with Gasteiger partial charge in [0.2, 0.25) is 5.78 Å². The molecule has 0 bridgehead atoms. The van der Waals surface area contributed by atoms with Gasteiger partial charge in [0.15, 0.2) is 18.1 Å². The number of hydrogen-bond donors (Lipinski definition) is 0. The second-order valence-corrected chi connectivity index (χ2v) is 6.92. The number of esters is 1. The summed E-state index contributed by atoms with van der Waals surface area (Å²) in [6.45, 7) is 2.32. The van der Waals surface area contributed by atoms with Crippen molar-refractivity contribution in [3.05, 3.63) is 89.3 Å². The van der Waals surface area contributed by atoms with Gasteiger partial charge in [0.05, 0.1) is 19.9 Å². The lowest BCUT2D eigenvalue weighted by atomic mass is 10.1. The van der Waals surface area contributed by atoms with Gasteiger partial charge in [-0.3, -0.25) is 4.79 Å². The molecule has 0 saturated carbocycles. The number of rotatable bonds is 9. The molecule has 0 amide bonds. The SMILES string of the molecule is COC(=O)COc1cc(C=CCn2cccc2C(=O)c2ccc(C)cc2)ccc1OC. The first-order valence-corrected chi connectivity index (χ1v) is 9.82. The Balaban J connectivity index is 1.71. The summed E-state index contributed by atoms with van der Waals surface area (Å²) in [6.07, 6.45) is 5.76. The fraction of sp³-hybridized carbons (Fsp3) is 0.200. The van der Waals surface area contributed by atoms with Crippen molar-refractivity contribution in [2.24, 2.45) is 0 Å². The predicted octanol–water partition coefficient (Wildman–Crippen LogP) is 4.30. The zero-order valence-electron chi connectivity index (χ0n) is 17.8. The van der Waals surface area contributed by atoms with Gasteiger partial charge in [-0.1, -0.05) is 48.0 Å². The smallest absolute Gasteiger partial charge is 0.343 e. The van der Waals surface area contributed by atoms with E-state index in [1.807, 2.05) is 72.3 Å². The molecular weight excluding hydrogens is 394 g/mol. The van der Waals surface area contributed by atoms with Crippen LogP contribution >= 0.6 is 0 Å². The lowest BCUT2D eigenvalue weighted by Gasteiger charge is -2.10. The van der Waals surface area contributed by atoms with Crippen LogP contribution < -0.4 is 9.47 Å². The maximum absolute atomic E-state index is 12.8. The van der Waals surface area contributed by atoms with Crippen molar-refractivity contribution in [2.75, 3.05) is 20.8 Å². The number of ether oxygens (including phenoxy) is 3. The number of nitrogens with zero attached hydrogens (tertiary/aromatic N) is 1. The van der Waals surface area contributed by atoms with Gasteiger partial charge in [-0.2, -0.15) is 0 Å². The molecule has 0 fully saturated rings. The first kappa shape index (κ1) is 21.9. The number of carbonyl (C=O) groups is 2. The highest BCUT2D eigenvalue weighted by Crippen LogP contribution is 2.28. The molecule has 0 atom stereocenters. The van der Waals surface area contributed by atoms with E-state index in [2.05, 4.69) is 4.74 Å². The standard InChI is InChI=1S/C25H25NO5/c1-18-8-11-20(12-9-18)25(28)21-7-5-15-26(21)14-4-6-19-10-13-22(29-2)23(16-19)31-17-24(27)30-3/h4-13,15-16H,14,17H2,1-3H3. The Morgan fingerprint density at radius 3 is 2.48 bits per heavy atom. The van der Waals surface area contributed by atoms with E-state index in [0.717, 1.165) is 11.1 Å². The molecule has 6 nitrogen and oxygen atoms in total. The van der Waals surface area contributed by atoms with Gasteiger partial charge in [0.1, 0.15) is 0 Å². The van der Waals surface area contributed by atoms with Gasteiger partial charge in [0.25, 0.3) is 0 Å². The number of carbonyl (C=O) groups excluding carboxylic acids is 2. The number of aryl methyl sites for hydroxylation is 1. The van der Waals surface area contributed by atoms with Crippen LogP contribution in [-0.2, 0) is 16.1 Å². The molecule has 6 heteroatoms. The van der Waals surface area contributed by atoms with Crippen molar-refractivity contribution in [3.8, 4) is 11.5 Å². The maximum atomic E-state index is 12.8. The highest BCUT2D eigenvalue weighted by Gasteiger charge is 2.12. The van der Waals surface area contributed by atoms with Gasteiger partial charge in [0, 0.05) is 18.3 Å². The summed E-state index contributed by atoms with van der Waals surface area (Å²) >= 11 is 0. The summed E-state index contributed by atoms with van der Waals surface area (Å²) < 4.78 is 17.3. The lowest BCUT2D eigenvalue weighted by molar-refractivity contribution is -0.142. The van der Waals surface area contributed by atoms with E-state index >= 15 is 0 Å². The Morgan fingerprint density at radius 1 is 1.00 bits per heavy atom. The second-order valence-electron chi connectivity index (χ2n) is 6.92. The molecule has 0 aliphatic carbocycles. The van der Waals surface area contributed by atoms with Gasteiger partial charge in [-0.15, -0.1) is 0 Å². The van der Waals surface area contributed by atoms with Crippen molar-refractivity contribution in [1.82, 2.24) is 4.57 Å². The molecular formula is C25H25NO5. The average Bonchev–Trinajstić information content (AvgIpc) is 3.26. The third-order valence-corrected chi connectivity index (χ3v) is 4.75. The molecule has 31 heavy (non-hydrogen) atoms. The van der Waals surface area contributed by atoms with Crippen LogP contribution in [0.4, 0.5) is 0 Å². The molecule has 0 unspecified atom stereocenters. The summed E-state index contributed by atoms with van der Waals surface area (Å²) in [5.74, 6) is 0.492. The van der Waals surface area contributed by atoms with Crippen LogP contribution in [0, 0.1) is 6.92 Å². The number of allylic oxidation sites excluding steroid dienone is 1. The fourth-order valence-corrected chi connectivity index (χ4v) is 3.04. The first-order chi connectivity index (χ1) is 15.0. The minimum Gasteiger partial charge on any atom is -0.493 e. The predicted molar refractivity (Wildman–Crippen MR) is 119 cm³/mol. The Bertz CT molecular complexity index is 1080. The number of methoxy groups -OCH3 is 2. The maximum Gasteiger partial charge on any atom is 0.343 e. The number of aromatic nitrogens is 1. The van der Waals surface area contributed by atoms with Crippen LogP contribution in [0.1, 0.15) is 27.2 Å². The van der Waals surface area contributed by atoms with Crippen LogP contribution in [0.15, 0.2) is 66.9 Å². The van der Waals surface area contributed by atoms with E-state index in [1.54, 1.807) is 12.1 Å². The quantitative estimate of drug-likeness (QED) is 0.382. The molecule has 0 N–H and O–H groups in total. The zero-order valence-corrected chi connectivity index (χ0v) is 17.8. The van der Waals surface area contributed by atoms with E-state index in [9.17, 15) is 9.59 Å². The van der Waals surface area contributed by atoms with E-state index in [4.69, 9.17) is 9.47 Å². The average molecular weight is 419 g/mol. The minimum absolute atomic E-state index is 0.0126. The monoisotopic (exact) mass is 419 g/mol. The summed E-state index contributed by atoms with van der Waals surface area (Å²) in [4.78, 5) is 24.2. The van der Waals surface area contributed by atoms with Gasteiger partial charge < -0.3 is 18.8 Å². The van der Waals surface area contributed by atoms with Crippen LogP contribution in [0.3, 0.4) is 0 Å². The summed E-state index contributed by atoms with van der Waals surface area (Å²) in [5, 5.41) is 0. The topological polar surface area (TPSA) is 66.8 Å². The molecule has 2 aromatic carbocycles. The molecule has 160 valence electrons. The van der Waals surface area contributed by atoms with Crippen LogP contribution in [0.5, 0.6) is 11.5 Å². The summed E-state index contributed by atoms with van der Waals surface area (Å²) in [5.41, 5.74) is 3.28. The lowest BCUT2D eigenvalue weighted by Crippen LogP contribution is -2.13. The zero-order chi connectivity index (χ0) is 22.2. The molecule has 0 spiro atoms. The van der Waals surface area contributed by atoms with Crippen LogP contribution in [-0.4, -0.2) is 37.1 Å². The van der Waals surface area contributed by atoms with Gasteiger partial charge in [-0.25, -0.2) is 4.79 Å². The number of hydrogen-bond acceptors (Lipinski definition) is 5. The molecule has 1 aromatic heterocycles. The normalized spacial score (nSPS) is 10.8. The minimum atomic E-state index is -0.471. The molecule has 3 aromatic rings. The van der Waals surface area contributed by atoms with E-state index < -0.39 is 5.97 Å². The van der Waals surface area contributed by atoms with E-state index in [-0.39, 0.29) is 12.4 Å². The van der Waals surface area contributed by atoms with Crippen LogP contribution in [0.25, 0.3) is 6.08 Å². The molecule has 0 radical (unpaired) electrons. The van der Waals surface area contributed by atoms with Crippen LogP contribution in [0.2, 0.25) is 0 Å². The Morgan fingerprint density at radius 2 is 1.77 bits per heavy atom. The Hall–Kier alpha value is -3.80. The highest BCUT2D eigenvalue weighted by atomic mass is 16.6. The third kappa shape index (κ3) is 5.63. The number of benzene rings is 2. The van der Waals surface area contributed by atoms with E-state index in [1.165, 1.54) is 14.2 Å².